The Bertz CT molecular complexity index is 631. The molecule has 0 saturated heterocycles. The van der Waals surface area contributed by atoms with Crippen LogP contribution in [0.15, 0.2) is 30.5 Å². The Morgan fingerprint density at radius 1 is 1.43 bits per heavy atom. The van der Waals surface area contributed by atoms with E-state index in [-0.39, 0.29) is 11.9 Å². The van der Waals surface area contributed by atoms with E-state index in [0.717, 1.165) is 24.2 Å². The van der Waals surface area contributed by atoms with Crippen LogP contribution in [0.5, 0.6) is 5.75 Å². The zero-order valence-electron chi connectivity index (χ0n) is 11.8. The number of nitrogens with two attached hydrogens (primary N) is 1. The smallest absolute Gasteiger partial charge is 0.271 e. The van der Waals surface area contributed by atoms with Crippen LogP contribution in [0.4, 0.5) is 5.69 Å². The van der Waals surface area contributed by atoms with E-state index in [9.17, 15) is 4.79 Å². The molecule has 0 radical (unpaired) electrons. The number of aromatic amines is 1. The molecule has 1 saturated carbocycles. The number of H-pyrrole nitrogens is 1. The molecule has 21 heavy (non-hydrogen) atoms. The Hall–Kier alpha value is -2.50. The van der Waals surface area contributed by atoms with Crippen molar-refractivity contribution in [2.75, 3.05) is 12.8 Å². The van der Waals surface area contributed by atoms with Gasteiger partial charge in [0.15, 0.2) is 0 Å². The van der Waals surface area contributed by atoms with E-state index >= 15 is 0 Å². The number of hydrogen-bond donors (Lipinski definition) is 3. The summed E-state index contributed by atoms with van der Waals surface area (Å²) < 4.78 is 5.16. The summed E-state index contributed by atoms with van der Waals surface area (Å²) in [6.07, 6.45) is 3.68. The number of nitrogens with zero attached hydrogens (tertiary/aromatic N) is 1. The predicted molar refractivity (Wildman–Crippen MR) is 78.9 cm³/mol. The molecule has 3 rings (SSSR count). The number of methoxy groups -OCH3 is 1. The lowest BCUT2D eigenvalue weighted by atomic mass is 10.0. The van der Waals surface area contributed by atoms with Crippen LogP contribution in [0.2, 0.25) is 0 Å². The number of rotatable bonds is 5. The number of nitrogens with one attached hydrogen (secondary N) is 2. The van der Waals surface area contributed by atoms with Crippen molar-refractivity contribution in [3.63, 3.8) is 0 Å². The van der Waals surface area contributed by atoms with E-state index in [4.69, 9.17) is 10.5 Å². The molecular weight excluding hydrogens is 268 g/mol. The molecule has 0 spiro atoms. The summed E-state index contributed by atoms with van der Waals surface area (Å²) in [6, 6.07) is 7.77. The average molecular weight is 286 g/mol. The molecule has 1 aromatic carbocycles. The molecule has 6 nitrogen and oxygen atoms in total. The third-order valence-electron chi connectivity index (χ3n) is 3.75. The van der Waals surface area contributed by atoms with Gasteiger partial charge in [-0.25, -0.2) is 0 Å². The lowest BCUT2D eigenvalue weighted by molar-refractivity contribution is 0.0927. The van der Waals surface area contributed by atoms with E-state index in [1.54, 1.807) is 7.11 Å². The van der Waals surface area contributed by atoms with Crippen molar-refractivity contribution in [3.05, 3.63) is 41.7 Å². The topological polar surface area (TPSA) is 93.0 Å². The first-order valence-electron chi connectivity index (χ1n) is 6.92. The Morgan fingerprint density at radius 2 is 2.14 bits per heavy atom. The van der Waals surface area contributed by atoms with Crippen molar-refractivity contribution in [1.82, 2.24) is 15.5 Å². The molecule has 4 N–H and O–H groups in total. The number of amides is 1. The number of ether oxygens (including phenoxy) is 1. The maximum atomic E-state index is 12.3. The summed E-state index contributed by atoms with van der Waals surface area (Å²) in [7, 11) is 1.64. The van der Waals surface area contributed by atoms with Crippen LogP contribution in [0.1, 0.15) is 34.9 Å². The summed E-state index contributed by atoms with van der Waals surface area (Å²) >= 11 is 0. The van der Waals surface area contributed by atoms with Crippen LogP contribution < -0.4 is 15.8 Å². The quantitative estimate of drug-likeness (QED) is 0.782. The average Bonchev–Trinajstić information content (AvgIpc) is 3.26. The maximum Gasteiger partial charge on any atom is 0.271 e. The van der Waals surface area contributed by atoms with Gasteiger partial charge in [-0.05, 0) is 36.5 Å². The first kappa shape index (κ1) is 13.5. The van der Waals surface area contributed by atoms with E-state index in [1.807, 2.05) is 24.3 Å². The van der Waals surface area contributed by atoms with Crippen LogP contribution >= 0.6 is 0 Å². The fraction of sp³-hybridized carbons (Fsp3) is 0.333. The number of carbonyl (C=O) groups is 1. The zero-order chi connectivity index (χ0) is 14.8. The van der Waals surface area contributed by atoms with Gasteiger partial charge in [0, 0.05) is 0 Å². The molecule has 1 aliphatic rings. The van der Waals surface area contributed by atoms with Crippen molar-refractivity contribution in [2.24, 2.45) is 5.92 Å². The molecule has 0 bridgehead atoms. The van der Waals surface area contributed by atoms with Crippen molar-refractivity contribution >= 4 is 11.6 Å². The van der Waals surface area contributed by atoms with Gasteiger partial charge in [-0.3, -0.25) is 9.89 Å². The third kappa shape index (κ3) is 2.84. The van der Waals surface area contributed by atoms with Gasteiger partial charge in [0.05, 0.1) is 25.0 Å². The highest BCUT2D eigenvalue weighted by molar-refractivity contribution is 5.97. The van der Waals surface area contributed by atoms with Crippen LogP contribution in [0.25, 0.3) is 0 Å². The molecular formula is C15H18N4O2. The number of aromatic nitrogens is 2. The summed E-state index contributed by atoms with van der Waals surface area (Å²) in [5.41, 5.74) is 7.46. The molecule has 1 aromatic heterocycles. The standard InChI is InChI=1S/C15H18N4O2/c1-21-11-6-4-10(5-7-11)13(9-2-3-9)18-15(20)14-12(16)8-17-19-14/h4-9,13H,2-3,16H2,1H3,(H,17,19)(H,18,20). The Morgan fingerprint density at radius 3 is 2.67 bits per heavy atom. The van der Waals surface area contributed by atoms with E-state index in [0.29, 0.717) is 17.3 Å². The molecule has 1 atom stereocenters. The zero-order valence-corrected chi connectivity index (χ0v) is 11.8. The molecule has 6 heteroatoms. The molecule has 110 valence electrons. The van der Waals surface area contributed by atoms with Gasteiger partial charge >= 0.3 is 0 Å². The summed E-state index contributed by atoms with van der Waals surface area (Å²) in [4.78, 5) is 12.3. The monoisotopic (exact) mass is 286 g/mol. The number of nitrogen functional groups attached to an aromatic ring is 1. The van der Waals surface area contributed by atoms with Crippen LogP contribution in [0, 0.1) is 5.92 Å². The largest absolute Gasteiger partial charge is 0.497 e. The fourth-order valence-electron chi connectivity index (χ4n) is 2.40. The second kappa shape index (κ2) is 5.47. The van der Waals surface area contributed by atoms with Gasteiger partial charge in [-0.2, -0.15) is 5.10 Å². The molecule has 1 fully saturated rings. The second-order valence-corrected chi connectivity index (χ2v) is 5.26. The Kier molecular flexibility index (Phi) is 3.51. The first-order valence-corrected chi connectivity index (χ1v) is 6.92. The van der Waals surface area contributed by atoms with E-state index < -0.39 is 0 Å². The molecule has 1 heterocycles. The first-order chi connectivity index (χ1) is 10.2. The minimum Gasteiger partial charge on any atom is -0.497 e. The lowest BCUT2D eigenvalue weighted by Crippen LogP contribution is -2.30. The Balaban J connectivity index is 1.78. The maximum absolute atomic E-state index is 12.3. The number of anilines is 1. The molecule has 1 amide bonds. The number of benzene rings is 1. The van der Waals surface area contributed by atoms with Gasteiger partial charge < -0.3 is 15.8 Å². The summed E-state index contributed by atoms with van der Waals surface area (Å²) in [5, 5.41) is 9.46. The van der Waals surface area contributed by atoms with Crippen molar-refractivity contribution < 1.29 is 9.53 Å². The minimum atomic E-state index is -0.224. The SMILES string of the molecule is COc1ccc(C(NC(=O)c2[nH]ncc2N)C2CC2)cc1. The minimum absolute atomic E-state index is 0.00824. The van der Waals surface area contributed by atoms with Gasteiger partial charge in [0.25, 0.3) is 5.91 Å². The molecule has 2 aromatic rings. The highest BCUT2D eigenvalue weighted by Crippen LogP contribution is 2.41. The Labute approximate surface area is 122 Å². The third-order valence-corrected chi connectivity index (χ3v) is 3.75. The molecule has 1 unspecified atom stereocenters. The van der Waals surface area contributed by atoms with Gasteiger partial charge in [0.1, 0.15) is 11.4 Å². The number of carbonyl (C=O) groups excluding carboxylic acids is 1. The van der Waals surface area contributed by atoms with Gasteiger partial charge in [0.2, 0.25) is 0 Å². The second-order valence-electron chi connectivity index (χ2n) is 5.26. The number of hydrogen-bond acceptors (Lipinski definition) is 4. The fourth-order valence-corrected chi connectivity index (χ4v) is 2.40. The van der Waals surface area contributed by atoms with Crippen LogP contribution in [-0.2, 0) is 0 Å². The van der Waals surface area contributed by atoms with E-state index in [2.05, 4.69) is 15.5 Å². The van der Waals surface area contributed by atoms with Gasteiger partial charge in [-0.1, -0.05) is 12.1 Å². The van der Waals surface area contributed by atoms with Crippen molar-refractivity contribution in [1.29, 1.82) is 0 Å². The lowest BCUT2D eigenvalue weighted by Gasteiger charge is -2.19. The molecule has 1 aliphatic carbocycles. The van der Waals surface area contributed by atoms with Crippen LogP contribution in [0.3, 0.4) is 0 Å². The predicted octanol–water partition coefficient (Wildman–Crippen LogP) is 1.88. The molecule has 0 aliphatic heterocycles. The summed E-state index contributed by atoms with van der Waals surface area (Å²) in [5.74, 6) is 1.06. The van der Waals surface area contributed by atoms with E-state index in [1.165, 1.54) is 6.20 Å². The van der Waals surface area contributed by atoms with Crippen molar-refractivity contribution in [2.45, 2.75) is 18.9 Å². The van der Waals surface area contributed by atoms with Crippen LogP contribution in [-0.4, -0.2) is 23.2 Å². The summed E-state index contributed by atoms with van der Waals surface area (Å²) in [6.45, 7) is 0. The van der Waals surface area contributed by atoms with Gasteiger partial charge in [-0.15, -0.1) is 0 Å². The normalized spacial score (nSPS) is 15.5. The highest BCUT2D eigenvalue weighted by Gasteiger charge is 2.34. The van der Waals surface area contributed by atoms with Crippen molar-refractivity contribution in [3.8, 4) is 5.75 Å². The highest BCUT2D eigenvalue weighted by atomic mass is 16.5.